The molecule has 1 aliphatic rings. The minimum absolute atomic E-state index is 0.794. The Morgan fingerprint density at radius 3 is 3.10 bits per heavy atom. The van der Waals surface area contributed by atoms with Crippen LogP contribution in [0.1, 0.15) is 23.6 Å². The lowest BCUT2D eigenvalue weighted by Crippen LogP contribution is -2.13. The van der Waals surface area contributed by atoms with Gasteiger partial charge < -0.3 is 10.1 Å². The number of aryl methyl sites for hydroxylation is 1. The summed E-state index contributed by atoms with van der Waals surface area (Å²) in [6, 6.07) is 4.28. The second-order valence-corrected chi connectivity index (χ2v) is 5.88. The van der Waals surface area contributed by atoms with Gasteiger partial charge in [-0.2, -0.15) is 5.10 Å². The van der Waals surface area contributed by atoms with Crippen molar-refractivity contribution in [3.8, 4) is 5.75 Å². The summed E-state index contributed by atoms with van der Waals surface area (Å²) >= 11 is 3.57. The predicted octanol–water partition coefficient (Wildman–Crippen LogP) is 2.89. The van der Waals surface area contributed by atoms with Gasteiger partial charge in [-0.25, -0.2) is 0 Å². The van der Waals surface area contributed by atoms with Crippen molar-refractivity contribution < 1.29 is 4.74 Å². The minimum atomic E-state index is 0.794. The van der Waals surface area contributed by atoms with Crippen molar-refractivity contribution in [2.24, 2.45) is 0 Å². The van der Waals surface area contributed by atoms with Crippen molar-refractivity contribution in [3.63, 3.8) is 0 Å². The fourth-order valence-electron chi connectivity index (χ4n) is 2.49. The Labute approximate surface area is 127 Å². The molecule has 5 heteroatoms. The van der Waals surface area contributed by atoms with Gasteiger partial charge in [0.05, 0.1) is 12.8 Å². The van der Waals surface area contributed by atoms with Gasteiger partial charge in [0.2, 0.25) is 0 Å². The summed E-state index contributed by atoms with van der Waals surface area (Å²) in [4.78, 5) is 0. The molecule has 0 radical (unpaired) electrons. The van der Waals surface area contributed by atoms with Gasteiger partial charge >= 0.3 is 0 Å². The first-order valence-electron chi connectivity index (χ1n) is 6.92. The molecule has 0 spiro atoms. The smallest absolute Gasteiger partial charge is 0.127 e. The Morgan fingerprint density at radius 1 is 1.40 bits per heavy atom. The topological polar surface area (TPSA) is 39.1 Å². The average Bonchev–Trinajstić information content (AvgIpc) is 3.06. The van der Waals surface area contributed by atoms with E-state index in [4.69, 9.17) is 4.74 Å². The summed E-state index contributed by atoms with van der Waals surface area (Å²) in [5, 5.41) is 7.73. The normalized spacial score (nSPS) is 13.3. The number of nitrogens with zero attached hydrogens (tertiary/aromatic N) is 2. The molecular formula is C15H18BrN3O. The molecule has 2 heterocycles. The van der Waals surface area contributed by atoms with Crippen LogP contribution in [0.25, 0.3) is 0 Å². The molecule has 3 rings (SSSR count). The van der Waals surface area contributed by atoms with Crippen LogP contribution in [0, 0.1) is 0 Å². The maximum Gasteiger partial charge on any atom is 0.127 e. The van der Waals surface area contributed by atoms with Crippen molar-refractivity contribution in [1.82, 2.24) is 15.1 Å². The SMILES string of the molecule is CCn1cc(CNCc2cc(Br)cc3c2OCC3)cn1. The molecule has 20 heavy (non-hydrogen) atoms. The molecule has 2 aromatic rings. The van der Waals surface area contributed by atoms with Crippen LogP contribution in [0.4, 0.5) is 0 Å². The molecule has 0 fully saturated rings. The average molecular weight is 336 g/mol. The molecule has 1 aliphatic heterocycles. The highest BCUT2D eigenvalue weighted by molar-refractivity contribution is 9.10. The van der Waals surface area contributed by atoms with Crippen LogP contribution in [0.2, 0.25) is 0 Å². The van der Waals surface area contributed by atoms with Gasteiger partial charge in [0, 0.05) is 47.9 Å². The molecule has 106 valence electrons. The fourth-order valence-corrected chi connectivity index (χ4v) is 3.04. The number of nitrogens with one attached hydrogen (secondary N) is 1. The van der Waals surface area contributed by atoms with E-state index in [1.54, 1.807) is 0 Å². The summed E-state index contributed by atoms with van der Waals surface area (Å²) in [7, 11) is 0. The van der Waals surface area contributed by atoms with Crippen molar-refractivity contribution in [1.29, 1.82) is 0 Å². The van der Waals surface area contributed by atoms with Gasteiger partial charge in [-0.3, -0.25) is 4.68 Å². The molecular weight excluding hydrogens is 318 g/mol. The van der Waals surface area contributed by atoms with Crippen molar-refractivity contribution in [3.05, 3.63) is 45.7 Å². The van der Waals surface area contributed by atoms with Gasteiger partial charge in [-0.05, 0) is 24.6 Å². The summed E-state index contributed by atoms with van der Waals surface area (Å²) in [5.74, 6) is 1.06. The third kappa shape index (κ3) is 2.88. The van der Waals surface area contributed by atoms with Gasteiger partial charge in [0.25, 0.3) is 0 Å². The second-order valence-electron chi connectivity index (χ2n) is 4.96. The van der Waals surface area contributed by atoms with E-state index in [1.807, 2.05) is 10.9 Å². The molecule has 0 atom stereocenters. The molecule has 0 unspecified atom stereocenters. The van der Waals surface area contributed by atoms with E-state index in [-0.39, 0.29) is 0 Å². The molecule has 0 amide bonds. The number of halogens is 1. The molecule has 0 aliphatic carbocycles. The molecule has 0 saturated carbocycles. The lowest BCUT2D eigenvalue weighted by atomic mass is 10.1. The molecule has 1 N–H and O–H groups in total. The standard InChI is InChI=1S/C15H18BrN3O/c1-2-19-10-11(8-18-19)7-17-9-13-6-14(16)5-12-3-4-20-15(12)13/h5-6,8,10,17H,2-4,7,9H2,1H3. The summed E-state index contributed by atoms with van der Waals surface area (Å²) in [6.45, 7) is 5.42. The predicted molar refractivity (Wildman–Crippen MR) is 81.8 cm³/mol. The summed E-state index contributed by atoms with van der Waals surface area (Å²) < 4.78 is 8.80. The number of hydrogen-bond donors (Lipinski definition) is 1. The van der Waals surface area contributed by atoms with E-state index in [0.29, 0.717) is 0 Å². The third-order valence-electron chi connectivity index (χ3n) is 3.48. The monoisotopic (exact) mass is 335 g/mol. The minimum Gasteiger partial charge on any atom is -0.493 e. The molecule has 1 aromatic carbocycles. The highest BCUT2D eigenvalue weighted by Crippen LogP contribution is 2.32. The Bertz CT molecular complexity index is 609. The van der Waals surface area contributed by atoms with E-state index in [9.17, 15) is 0 Å². The number of hydrogen-bond acceptors (Lipinski definition) is 3. The fraction of sp³-hybridized carbons (Fsp3) is 0.400. The van der Waals surface area contributed by atoms with E-state index < -0.39 is 0 Å². The van der Waals surface area contributed by atoms with Crippen LogP contribution in [0.5, 0.6) is 5.75 Å². The van der Waals surface area contributed by atoms with E-state index in [0.717, 1.165) is 42.9 Å². The van der Waals surface area contributed by atoms with Gasteiger partial charge in [-0.1, -0.05) is 15.9 Å². The number of rotatable bonds is 5. The Balaban J connectivity index is 1.64. The zero-order valence-electron chi connectivity index (χ0n) is 11.5. The van der Waals surface area contributed by atoms with Crippen LogP contribution >= 0.6 is 15.9 Å². The maximum atomic E-state index is 5.73. The zero-order chi connectivity index (χ0) is 13.9. The van der Waals surface area contributed by atoms with Crippen molar-refractivity contribution >= 4 is 15.9 Å². The second kappa shape index (κ2) is 5.97. The van der Waals surface area contributed by atoms with E-state index in [2.05, 4.69) is 51.6 Å². The summed E-state index contributed by atoms with van der Waals surface area (Å²) in [6.07, 6.45) is 5.00. The van der Waals surface area contributed by atoms with Crippen molar-refractivity contribution in [2.75, 3.05) is 6.61 Å². The highest BCUT2D eigenvalue weighted by Gasteiger charge is 2.17. The summed E-state index contributed by atoms with van der Waals surface area (Å²) in [5.41, 5.74) is 3.73. The number of fused-ring (bicyclic) bond motifs is 1. The van der Waals surface area contributed by atoms with E-state index in [1.165, 1.54) is 16.7 Å². The molecule has 0 saturated heterocycles. The first kappa shape index (κ1) is 13.6. The lowest BCUT2D eigenvalue weighted by Gasteiger charge is -2.09. The van der Waals surface area contributed by atoms with Crippen molar-refractivity contribution in [2.45, 2.75) is 33.0 Å². The highest BCUT2D eigenvalue weighted by atomic mass is 79.9. The first-order valence-corrected chi connectivity index (χ1v) is 7.71. The van der Waals surface area contributed by atoms with Crippen LogP contribution in [0.3, 0.4) is 0 Å². The van der Waals surface area contributed by atoms with Crippen LogP contribution in [0.15, 0.2) is 29.0 Å². The molecule has 4 nitrogen and oxygen atoms in total. The quantitative estimate of drug-likeness (QED) is 0.913. The van der Waals surface area contributed by atoms with Crippen LogP contribution in [-0.4, -0.2) is 16.4 Å². The van der Waals surface area contributed by atoms with Gasteiger partial charge in [0.1, 0.15) is 5.75 Å². The molecule has 1 aromatic heterocycles. The lowest BCUT2D eigenvalue weighted by molar-refractivity contribution is 0.352. The van der Waals surface area contributed by atoms with Crippen LogP contribution in [-0.2, 0) is 26.1 Å². The van der Waals surface area contributed by atoms with E-state index >= 15 is 0 Å². The number of ether oxygens (including phenoxy) is 1. The molecule has 0 bridgehead atoms. The number of benzene rings is 1. The maximum absolute atomic E-state index is 5.73. The zero-order valence-corrected chi connectivity index (χ0v) is 13.1. The Morgan fingerprint density at radius 2 is 2.30 bits per heavy atom. The Kier molecular flexibility index (Phi) is 4.08. The Hall–Kier alpha value is -1.33. The first-order chi connectivity index (χ1) is 9.76. The number of aromatic nitrogens is 2. The largest absolute Gasteiger partial charge is 0.493 e. The third-order valence-corrected chi connectivity index (χ3v) is 3.94. The van der Waals surface area contributed by atoms with Crippen LogP contribution < -0.4 is 10.1 Å². The van der Waals surface area contributed by atoms with Gasteiger partial charge in [-0.15, -0.1) is 0 Å². The van der Waals surface area contributed by atoms with Gasteiger partial charge in [0.15, 0.2) is 0 Å².